The predicted molar refractivity (Wildman–Crippen MR) is 89.6 cm³/mol. The Kier molecular flexibility index (Phi) is 5.30. The maximum atomic E-state index is 12.4. The van der Waals surface area contributed by atoms with Gasteiger partial charge in [0.25, 0.3) is 0 Å². The summed E-state index contributed by atoms with van der Waals surface area (Å²) in [5, 5.41) is 11.0. The van der Waals surface area contributed by atoms with E-state index in [1.807, 2.05) is 19.9 Å². The van der Waals surface area contributed by atoms with Crippen molar-refractivity contribution >= 4 is 11.8 Å². The molecule has 0 radical (unpaired) electrons. The average Bonchev–Trinajstić information content (AvgIpc) is 2.48. The van der Waals surface area contributed by atoms with Gasteiger partial charge in [0, 0.05) is 28.3 Å². The van der Waals surface area contributed by atoms with Crippen molar-refractivity contribution in [2.75, 3.05) is 0 Å². The van der Waals surface area contributed by atoms with E-state index in [1.165, 1.54) is 12.1 Å². The van der Waals surface area contributed by atoms with Gasteiger partial charge < -0.3 is 5.11 Å². The molecule has 1 aromatic carbocycles. The molecule has 0 saturated heterocycles. The number of thioether (sulfide) groups is 1. The van der Waals surface area contributed by atoms with E-state index in [0.29, 0.717) is 12.0 Å². The highest BCUT2D eigenvalue weighted by Gasteiger charge is 2.41. The minimum absolute atomic E-state index is 0.128. The van der Waals surface area contributed by atoms with Crippen LogP contribution in [0.5, 0.6) is 0 Å². The molecule has 0 aliphatic rings. The van der Waals surface area contributed by atoms with Crippen molar-refractivity contribution in [3.63, 3.8) is 0 Å². The van der Waals surface area contributed by atoms with Crippen molar-refractivity contribution in [1.29, 1.82) is 0 Å². The molecular weight excluding hydrogens is 335 g/mol. The fourth-order valence-corrected chi connectivity index (χ4v) is 3.07. The molecule has 6 heteroatoms. The van der Waals surface area contributed by atoms with Crippen LogP contribution in [-0.2, 0) is 12.0 Å². The Morgan fingerprint density at radius 3 is 2.17 bits per heavy atom. The molecule has 1 N–H and O–H groups in total. The molecule has 0 aliphatic heterocycles. The number of rotatable bonds is 5. The first-order chi connectivity index (χ1) is 11.0. The van der Waals surface area contributed by atoms with E-state index in [-0.39, 0.29) is 16.7 Å². The van der Waals surface area contributed by atoms with Crippen LogP contribution in [0, 0.1) is 5.41 Å². The van der Waals surface area contributed by atoms with Crippen molar-refractivity contribution in [2.24, 2.45) is 5.41 Å². The van der Waals surface area contributed by atoms with Gasteiger partial charge in [-0.1, -0.05) is 32.0 Å². The number of pyridine rings is 1. The van der Waals surface area contributed by atoms with E-state index in [0.717, 1.165) is 5.56 Å². The van der Waals surface area contributed by atoms with Crippen LogP contribution in [0.1, 0.15) is 31.9 Å². The van der Waals surface area contributed by atoms with E-state index >= 15 is 0 Å². The standard InChI is InChI=1S/C18H20F3NOS/c1-16(2,17(3,23)14-5-4-10-22-12-14)11-13-6-8-15(9-7-13)24-18(19,20)21/h4-10,12,23H,11H2,1-3H3. The summed E-state index contributed by atoms with van der Waals surface area (Å²) < 4.78 is 37.1. The van der Waals surface area contributed by atoms with E-state index in [9.17, 15) is 18.3 Å². The molecule has 130 valence electrons. The average molecular weight is 355 g/mol. The Morgan fingerprint density at radius 2 is 1.67 bits per heavy atom. The van der Waals surface area contributed by atoms with E-state index < -0.39 is 16.5 Å². The number of halogens is 3. The topological polar surface area (TPSA) is 33.1 Å². The first kappa shape index (κ1) is 18.8. The molecule has 1 atom stereocenters. The third-order valence-electron chi connectivity index (χ3n) is 4.34. The lowest BCUT2D eigenvalue weighted by atomic mass is 9.69. The zero-order valence-electron chi connectivity index (χ0n) is 13.8. The third kappa shape index (κ3) is 4.51. The highest BCUT2D eigenvalue weighted by molar-refractivity contribution is 8.00. The number of hydrogen-bond donors (Lipinski definition) is 1. The lowest BCUT2D eigenvalue weighted by molar-refractivity contribution is -0.0574. The van der Waals surface area contributed by atoms with Crippen LogP contribution in [-0.4, -0.2) is 15.6 Å². The second-order valence-electron chi connectivity index (χ2n) is 6.57. The van der Waals surface area contributed by atoms with Crippen LogP contribution < -0.4 is 0 Å². The summed E-state index contributed by atoms with van der Waals surface area (Å²) >= 11 is -0.128. The quantitative estimate of drug-likeness (QED) is 0.751. The Bertz CT molecular complexity index is 667. The molecule has 24 heavy (non-hydrogen) atoms. The summed E-state index contributed by atoms with van der Waals surface area (Å²) in [6.07, 6.45) is 3.79. The first-order valence-electron chi connectivity index (χ1n) is 7.49. The number of nitrogens with zero attached hydrogens (tertiary/aromatic N) is 1. The van der Waals surface area contributed by atoms with Crippen LogP contribution in [0.4, 0.5) is 13.2 Å². The van der Waals surface area contributed by atoms with E-state index in [2.05, 4.69) is 4.98 Å². The predicted octanol–water partition coefficient (Wildman–Crippen LogP) is 5.17. The van der Waals surface area contributed by atoms with Crippen molar-refractivity contribution in [1.82, 2.24) is 4.98 Å². The number of benzene rings is 1. The van der Waals surface area contributed by atoms with Crippen molar-refractivity contribution in [3.8, 4) is 0 Å². The maximum absolute atomic E-state index is 12.4. The van der Waals surface area contributed by atoms with Gasteiger partial charge in [0.1, 0.15) is 0 Å². The SMILES string of the molecule is CC(C)(Cc1ccc(SC(F)(F)F)cc1)C(C)(O)c1cccnc1. The van der Waals surface area contributed by atoms with Crippen LogP contribution >= 0.6 is 11.8 Å². The fourth-order valence-electron chi connectivity index (χ4n) is 2.53. The molecule has 0 saturated carbocycles. The van der Waals surface area contributed by atoms with Crippen LogP contribution in [0.2, 0.25) is 0 Å². The van der Waals surface area contributed by atoms with Gasteiger partial charge in [-0.05, 0) is 48.9 Å². The molecule has 1 heterocycles. The van der Waals surface area contributed by atoms with Crippen LogP contribution in [0.15, 0.2) is 53.7 Å². The Balaban J connectivity index is 2.17. The van der Waals surface area contributed by atoms with E-state index in [4.69, 9.17) is 0 Å². The number of aliphatic hydroxyl groups is 1. The lowest BCUT2D eigenvalue weighted by Gasteiger charge is -2.40. The van der Waals surface area contributed by atoms with Gasteiger partial charge in [-0.15, -0.1) is 0 Å². The Hall–Kier alpha value is -1.53. The molecule has 2 aromatic rings. The maximum Gasteiger partial charge on any atom is 0.446 e. The molecule has 0 bridgehead atoms. The summed E-state index contributed by atoms with van der Waals surface area (Å²) in [4.78, 5) is 4.20. The van der Waals surface area contributed by atoms with Gasteiger partial charge in [0.2, 0.25) is 0 Å². The molecule has 0 aliphatic carbocycles. The number of hydrogen-bond acceptors (Lipinski definition) is 3. The highest BCUT2D eigenvalue weighted by atomic mass is 32.2. The van der Waals surface area contributed by atoms with Gasteiger partial charge >= 0.3 is 5.51 Å². The normalized spacial score (nSPS) is 15.1. The van der Waals surface area contributed by atoms with Gasteiger partial charge in [-0.3, -0.25) is 4.98 Å². The van der Waals surface area contributed by atoms with Gasteiger partial charge in [0.15, 0.2) is 0 Å². The molecule has 1 aromatic heterocycles. The van der Waals surface area contributed by atoms with Crippen molar-refractivity contribution in [2.45, 2.75) is 43.2 Å². The van der Waals surface area contributed by atoms with Crippen molar-refractivity contribution < 1.29 is 18.3 Å². The van der Waals surface area contributed by atoms with Gasteiger partial charge in [-0.2, -0.15) is 13.2 Å². The minimum atomic E-state index is -4.29. The summed E-state index contributed by atoms with van der Waals surface area (Å²) in [7, 11) is 0. The van der Waals surface area contributed by atoms with E-state index in [1.54, 1.807) is 37.5 Å². The molecule has 2 rings (SSSR count). The van der Waals surface area contributed by atoms with Crippen LogP contribution in [0.25, 0.3) is 0 Å². The summed E-state index contributed by atoms with van der Waals surface area (Å²) in [6, 6.07) is 9.86. The van der Waals surface area contributed by atoms with Crippen molar-refractivity contribution in [3.05, 3.63) is 59.9 Å². The summed E-state index contributed by atoms with van der Waals surface area (Å²) in [5.74, 6) is 0. The molecule has 1 unspecified atom stereocenters. The number of alkyl halides is 3. The number of aromatic nitrogens is 1. The van der Waals surface area contributed by atoms with Gasteiger partial charge in [-0.25, -0.2) is 0 Å². The Labute approximate surface area is 144 Å². The fraction of sp³-hybridized carbons (Fsp3) is 0.389. The first-order valence-corrected chi connectivity index (χ1v) is 8.30. The minimum Gasteiger partial charge on any atom is -0.385 e. The van der Waals surface area contributed by atoms with Crippen LogP contribution in [0.3, 0.4) is 0 Å². The zero-order chi connectivity index (χ0) is 18.0. The smallest absolute Gasteiger partial charge is 0.385 e. The largest absolute Gasteiger partial charge is 0.446 e. The summed E-state index contributed by atoms with van der Waals surface area (Å²) in [6.45, 7) is 5.59. The zero-order valence-corrected chi connectivity index (χ0v) is 14.6. The molecular formula is C18H20F3NOS. The second-order valence-corrected chi connectivity index (χ2v) is 7.70. The molecule has 0 fully saturated rings. The monoisotopic (exact) mass is 355 g/mol. The summed E-state index contributed by atoms with van der Waals surface area (Å²) in [5.41, 5.74) is -4.37. The molecule has 2 nitrogen and oxygen atoms in total. The highest BCUT2D eigenvalue weighted by Crippen LogP contribution is 2.42. The lowest BCUT2D eigenvalue weighted by Crippen LogP contribution is -2.40. The second kappa shape index (κ2) is 6.76. The Morgan fingerprint density at radius 1 is 1.04 bits per heavy atom. The third-order valence-corrected chi connectivity index (χ3v) is 5.08. The molecule has 0 amide bonds. The van der Waals surface area contributed by atoms with Gasteiger partial charge in [0.05, 0.1) is 5.60 Å². The molecule has 0 spiro atoms.